The molecule has 4 rings (SSSR count). The second-order valence-electron chi connectivity index (χ2n) is 7.10. The number of carbonyl (C=O) groups is 1. The van der Waals surface area contributed by atoms with Gasteiger partial charge < -0.3 is 14.8 Å². The van der Waals surface area contributed by atoms with Gasteiger partial charge in [0.15, 0.2) is 0 Å². The smallest absolute Gasteiger partial charge is 0.407 e. The molecule has 0 atom stereocenters. The molecule has 30 heavy (non-hydrogen) atoms. The lowest BCUT2D eigenvalue weighted by Crippen LogP contribution is -2.26. The molecule has 5 heteroatoms. The summed E-state index contributed by atoms with van der Waals surface area (Å²) in [5.74, 6) is 0.789. The monoisotopic (exact) mass is 400 g/mol. The molecular formula is C25H24N2O3. The van der Waals surface area contributed by atoms with Gasteiger partial charge in [-0.15, -0.1) is 0 Å². The Morgan fingerprint density at radius 2 is 1.77 bits per heavy atom. The number of pyridine rings is 1. The van der Waals surface area contributed by atoms with Crippen LogP contribution in [0.1, 0.15) is 29.0 Å². The van der Waals surface area contributed by atoms with Crippen LogP contribution in [0, 0.1) is 0 Å². The highest BCUT2D eigenvalue weighted by Crippen LogP contribution is 2.44. The van der Waals surface area contributed by atoms with Crippen molar-refractivity contribution in [3.05, 3.63) is 89.8 Å². The lowest BCUT2D eigenvalue weighted by Gasteiger charge is -2.14. The van der Waals surface area contributed by atoms with Crippen LogP contribution in [0.3, 0.4) is 0 Å². The average molecular weight is 400 g/mol. The number of fused-ring (bicyclic) bond motifs is 3. The van der Waals surface area contributed by atoms with Gasteiger partial charge >= 0.3 is 6.09 Å². The number of aromatic nitrogens is 1. The zero-order valence-corrected chi connectivity index (χ0v) is 16.9. The van der Waals surface area contributed by atoms with E-state index in [2.05, 4.69) is 34.6 Å². The molecule has 1 aliphatic carbocycles. The van der Waals surface area contributed by atoms with Crippen molar-refractivity contribution in [1.82, 2.24) is 10.3 Å². The Kier molecular flexibility index (Phi) is 6.09. The standard InChI is InChI=1S/C25H24N2O3/c1-29-19-14-18(15-26-16-19)8-6-7-13-27-25(28)30-17-24-22-11-4-2-9-20(22)21-10-3-5-12-23(21)24/h2-6,8-12,14-16,24H,7,13,17H2,1H3,(H,27,28). The quantitative estimate of drug-likeness (QED) is 0.565. The van der Waals surface area contributed by atoms with E-state index in [0.29, 0.717) is 25.3 Å². The first-order valence-corrected chi connectivity index (χ1v) is 10.0. The predicted octanol–water partition coefficient (Wildman–Crippen LogP) is 5.03. The predicted molar refractivity (Wildman–Crippen MR) is 118 cm³/mol. The van der Waals surface area contributed by atoms with Crippen molar-refractivity contribution in [3.63, 3.8) is 0 Å². The molecule has 5 nitrogen and oxygen atoms in total. The normalized spacial score (nSPS) is 12.4. The Hall–Kier alpha value is -3.60. The maximum Gasteiger partial charge on any atom is 0.407 e. The van der Waals surface area contributed by atoms with Gasteiger partial charge in [0.25, 0.3) is 0 Å². The van der Waals surface area contributed by atoms with Crippen LogP contribution in [0.2, 0.25) is 0 Å². The van der Waals surface area contributed by atoms with Crippen LogP contribution in [-0.2, 0) is 4.74 Å². The maximum absolute atomic E-state index is 12.2. The molecule has 0 radical (unpaired) electrons. The summed E-state index contributed by atoms with van der Waals surface area (Å²) in [5.41, 5.74) is 5.82. The number of rotatable bonds is 7. The van der Waals surface area contributed by atoms with Crippen LogP contribution in [0.25, 0.3) is 17.2 Å². The van der Waals surface area contributed by atoms with Gasteiger partial charge in [0.05, 0.1) is 13.3 Å². The molecule has 0 fully saturated rings. The Balaban J connectivity index is 1.27. The van der Waals surface area contributed by atoms with E-state index in [4.69, 9.17) is 9.47 Å². The van der Waals surface area contributed by atoms with E-state index in [9.17, 15) is 4.79 Å². The van der Waals surface area contributed by atoms with Crippen LogP contribution < -0.4 is 10.1 Å². The molecule has 3 aromatic rings. The van der Waals surface area contributed by atoms with Gasteiger partial charge in [0, 0.05) is 18.7 Å². The first-order chi connectivity index (χ1) is 14.8. The fourth-order valence-electron chi connectivity index (χ4n) is 3.76. The van der Waals surface area contributed by atoms with Crippen molar-refractivity contribution in [1.29, 1.82) is 0 Å². The van der Waals surface area contributed by atoms with E-state index < -0.39 is 6.09 Å². The number of amides is 1. The minimum absolute atomic E-state index is 0.0728. The first kappa shape index (κ1) is 19.7. The topological polar surface area (TPSA) is 60.5 Å². The van der Waals surface area contributed by atoms with Crippen LogP contribution in [0.5, 0.6) is 5.75 Å². The SMILES string of the molecule is COc1cncc(C=CCCNC(=O)OCC2c3ccccc3-c3ccccc32)c1. The second-order valence-corrected chi connectivity index (χ2v) is 7.10. The number of nitrogens with one attached hydrogen (secondary N) is 1. The van der Waals surface area contributed by atoms with Gasteiger partial charge in [-0.05, 0) is 40.3 Å². The molecule has 1 aromatic heterocycles. The van der Waals surface area contributed by atoms with Gasteiger partial charge in [-0.1, -0.05) is 60.7 Å². The number of methoxy groups -OCH3 is 1. The molecule has 0 saturated carbocycles. The number of benzene rings is 2. The highest BCUT2D eigenvalue weighted by atomic mass is 16.5. The van der Waals surface area contributed by atoms with E-state index in [0.717, 1.165) is 5.56 Å². The molecule has 1 amide bonds. The summed E-state index contributed by atoms with van der Waals surface area (Å²) in [6.45, 7) is 0.829. The summed E-state index contributed by atoms with van der Waals surface area (Å²) in [7, 11) is 1.61. The van der Waals surface area contributed by atoms with Gasteiger partial charge in [0.1, 0.15) is 12.4 Å². The summed E-state index contributed by atoms with van der Waals surface area (Å²) in [4.78, 5) is 16.3. The second kappa shape index (κ2) is 9.27. The molecule has 1 heterocycles. The fourth-order valence-corrected chi connectivity index (χ4v) is 3.76. The number of alkyl carbamates (subject to hydrolysis) is 1. The lowest BCUT2D eigenvalue weighted by atomic mass is 9.98. The molecular weight excluding hydrogens is 376 g/mol. The first-order valence-electron chi connectivity index (χ1n) is 10.0. The number of nitrogens with zero attached hydrogens (tertiary/aromatic N) is 1. The van der Waals surface area contributed by atoms with E-state index in [1.165, 1.54) is 22.3 Å². The fraction of sp³-hybridized carbons (Fsp3) is 0.200. The Morgan fingerprint density at radius 3 is 2.47 bits per heavy atom. The van der Waals surface area contributed by atoms with Crippen LogP contribution in [-0.4, -0.2) is 31.3 Å². The van der Waals surface area contributed by atoms with Gasteiger partial charge in [-0.3, -0.25) is 4.98 Å². The molecule has 0 saturated heterocycles. The molecule has 2 aromatic carbocycles. The maximum atomic E-state index is 12.2. The number of hydrogen-bond acceptors (Lipinski definition) is 4. The minimum atomic E-state index is -0.395. The van der Waals surface area contributed by atoms with E-state index in [1.807, 2.05) is 42.5 Å². The van der Waals surface area contributed by atoms with Gasteiger partial charge in [0.2, 0.25) is 0 Å². The third-order valence-corrected chi connectivity index (χ3v) is 5.20. The van der Waals surface area contributed by atoms with Crippen molar-refractivity contribution in [2.24, 2.45) is 0 Å². The third-order valence-electron chi connectivity index (χ3n) is 5.20. The van der Waals surface area contributed by atoms with Crippen molar-refractivity contribution in [2.45, 2.75) is 12.3 Å². The highest BCUT2D eigenvalue weighted by molar-refractivity contribution is 5.79. The summed E-state index contributed by atoms with van der Waals surface area (Å²) in [6, 6.07) is 18.5. The average Bonchev–Trinajstić information content (AvgIpc) is 3.11. The minimum Gasteiger partial charge on any atom is -0.495 e. The van der Waals surface area contributed by atoms with E-state index in [1.54, 1.807) is 19.5 Å². The van der Waals surface area contributed by atoms with E-state index >= 15 is 0 Å². The van der Waals surface area contributed by atoms with E-state index in [-0.39, 0.29) is 5.92 Å². The highest BCUT2D eigenvalue weighted by Gasteiger charge is 2.28. The molecule has 0 unspecified atom stereocenters. The van der Waals surface area contributed by atoms with Crippen LogP contribution >= 0.6 is 0 Å². The number of carbonyl (C=O) groups excluding carboxylic acids is 1. The van der Waals surface area contributed by atoms with Crippen LogP contribution in [0.15, 0.2) is 73.1 Å². The third kappa shape index (κ3) is 4.35. The van der Waals surface area contributed by atoms with Crippen LogP contribution in [0.4, 0.5) is 4.79 Å². The van der Waals surface area contributed by atoms with Crippen molar-refractivity contribution in [3.8, 4) is 16.9 Å². The molecule has 152 valence electrons. The Labute approximate surface area is 176 Å². The zero-order chi connectivity index (χ0) is 20.8. The molecule has 0 aliphatic heterocycles. The molecule has 1 aliphatic rings. The largest absolute Gasteiger partial charge is 0.495 e. The Morgan fingerprint density at radius 1 is 1.07 bits per heavy atom. The molecule has 1 N–H and O–H groups in total. The molecule has 0 spiro atoms. The summed E-state index contributed by atoms with van der Waals surface area (Å²) < 4.78 is 10.7. The van der Waals surface area contributed by atoms with Gasteiger partial charge in [-0.25, -0.2) is 4.79 Å². The van der Waals surface area contributed by atoms with Gasteiger partial charge in [-0.2, -0.15) is 0 Å². The zero-order valence-electron chi connectivity index (χ0n) is 16.9. The lowest BCUT2D eigenvalue weighted by molar-refractivity contribution is 0.143. The van der Waals surface area contributed by atoms with Crippen molar-refractivity contribution < 1.29 is 14.3 Å². The summed E-state index contributed by atoms with van der Waals surface area (Å²) >= 11 is 0. The van der Waals surface area contributed by atoms with Crippen molar-refractivity contribution >= 4 is 12.2 Å². The molecule has 0 bridgehead atoms. The Bertz CT molecular complexity index is 1020. The summed E-state index contributed by atoms with van der Waals surface area (Å²) in [5, 5.41) is 2.81. The summed E-state index contributed by atoms with van der Waals surface area (Å²) in [6.07, 6.45) is 7.66. The number of ether oxygens (including phenoxy) is 2. The number of hydrogen-bond donors (Lipinski definition) is 1. The van der Waals surface area contributed by atoms with Crippen molar-refractivity contribution in [2.75, 3.05) is 20.3 Å².